The summed E-state index contributed by atoms with van der Waals surface area (Å²) < 4.78 is 27.8. The molecule has 0 aliphatic rings. The van der Waals surface area contributed by atoms with Gasteiger partial charge in [0.2, 0.25) is 10.0 Å². The van der Waals surface area contributed by atoms with Gasteiger partial charge in [-0.15, -0.1) is 0 Å². The lowest BCUT2D eigenvalue weighted by atomic mass is 9.87. The molecule has 0 heterocycles. The highest BCUT2D eigenvalue weighted by Crippen LogP contribution is 2.23. The summed E-state index contributed by atoms with van der Waals surface area (Å²) in [5, 5.41) is 0. The second-order valence-corrected chi connectivity index (χ2v) is 9.83. The zero-order chi connectivity index (χ0) is 18.5. The average Bonchev–Trinajstić information content (AvgIpc) is 2.46. The fourth-order valence-corrected chi connectivity index (χ4v) is 3.99. The Morgan fingerprint density at radius 2 is 1.58 bits per heavy atom. The Balaban J connectivity index is 2.72. The van der Waals surface area contributed by atoms with Gasteiger partial charge in [0.25, 0.3) is 0 Å². The molecule has 0 radical (unpaired) electrons. The van der Waals surface area contributed by atoms with E-state index < -0.39 is 10.0 Å². The van der Waals surface area contributed by atoms with Crippen LogP contribution in [0.1, 0.15) is 59.9 Å². The molecule has 1 rings (SSSR count). The van der Waals surface area contributed by atoms with Gasteiger partial charge in [0.1, 0.15) is 0 Å². The van der Waals surface area contributed by atoms with Crippen LogP contribution in [0.3, 0.4) is 0 Å². The van der Waals surface area contributed by atoms with Crippen molar-refractivity contribution in [1.82, 2.24) is 4.72 Å². The van der Waals surface area contributed by atoms with Crippen molar-refractivity contribution in [2.45, 2.75) is 70.7 Å². The van der Waals surface area contributed by atoms with E-state index in [1.165, 1.54) is 0 Å². The summed E-state index contributed by atoms with van der Waals surface area (Å²) in [4.78, 5) is 0.321. The van der Waals surface area contributed by atoms with E-state index in [1.807, 2.05) is 19.1 Å². The van der Waals surface area contributed by atoms with Crippen molar-refractivity contribution >= 4 is 10.0 Å². The summed E-state index contributed by atoms with van der Waals surface area (Å²) in [5.41, 5.74) is 6.92. The molecule has 5 heteroatoms. The molecule has 0 bridgehead atoms. The third-order valence-electron chi connectivity index (χ3n) is 4.60. The number of nitrogens with two attached hydrogens (primary N) is 1. The first kappa shape index (κ1) is 21.1. The minimum Gasteiger partial charge on any atom is -0.330 e. The Labute approximate surface area is 148 Å². The molecule has 1 aromatic carbocycles. The SMILES string of the molecule is CC(C)[C@H](CN)CC[C@@H](C)NS(=O)(=O)c1ccc(C(C)(C)C)cc1. The molecule has 0 saturated heterocycles. The number of hydrogen-bond donors (Lipinski definition) is 2. The van der Waals surface area contributed by atoms with Crippen molar-refractivity contribution in [3.05, 3.63) is 29.8 Å². The average molecular weight is 355 g/mol. The van der Waals surface area contributed by atoms with Crippen LogP contribution in [0, 0.1) is 11.8 Å². The summed E-state index contributed by atoms with van der Waals surface area (Å²) in [6.45, 7) is 13.2. The number of rotatable bonds is 8. The molecule has 0 spiro atoms. The summed E-state index contributed by atoms with van der Waals surface area (Å²) in [7, 11) is -3.48. The molecule has 24 heavy (non-hydrogen) atoms. The first-order valence-electron chi connectivity index (χ1n) is 8.80. The molecule has 1 aromatic rings. The molecular formula is C19H34N2O2S. The summed E-state index contributed by atoms with van der Waals surface area (Å²) in [5.74, 6) is 0.951. The fraction of sp³-hybridized carbons (Fsp3) is 0.684. The lowest BCUT2D eigenvalue weighted by molar-refractivity contribution is 0.346. The standard InChI is InChI=1S/C19H34N2O2S/c1-14(2)16(13-20)8-7-15(3)21-24(22,23)18-11-9-17(10-12-18)19(4,5)6/h9-12,14-16,21H,7-8,13,20H2,1-6H3/t15-,16+/m1/s1. The Hall–Kier alpha value is -0.910. The van der Waals surface area contributed by atoms with Crippen LogP contribution in [-0.2, 0) is 15.4 Å². The van der Waals surface area contributed by atoms with Gasteiger partial charge >= 0.3 is 0 Å². The zero-order valence-corrected chi connectivity index (χ0v) is 16.8. The van der Waals surface area contributed by atoms with E-state index in [2.05, 4.69) is 39.3 Å². The van der Waals surface area contributed by atoms with Crippen molar-refractivity contribution in [2.24, 2.45) is 17.6 Å². The summed E-state index contributed by atoms with van der Waals surface area (Å²) >= 11 is 0. The van der Waals surface area contributed by atoms with Crippen LogP contribution in [0.2, 0.25) is 0 Å². The van der Waals surface area contributed by atoms with Gasteiger partial charge in [-0.05, 0) is 61.3 Å². The lowest BCUT2D eigenvalue weighted by Crippen LogP contribution is -2.33. The van der Waals surface area contributed by atoms with Crippen molar-refractivity contribution in [3.8, 4) is 0 Å². The quantitative estimate of drug-likeness (QED) is 0.748. The van der Waals surface area contributed by atoms with E-state index in [0.29, 0.717) is 23.3 Å². The van der Waals surface area contributed by atoms with Gasteiger partial charge in [-0.3, -0.25) is 0 Å². The predicted octanol–water partition coefficient (Wildman–Crippen LogP) is 3.66. The topological polar surface area (TPSA) is 72.2 Å². The summed E-state index contributed by atoms with van der Waals surface area (Å²) in [6, 6.07) is 7.05. The van der Waals surface area contributed by atoms with Gasteiger partial charge in [0, 0.05) is 6.04 Å². The van der Waals surface area contributed by atoms with Crippen LogP contribution in [0.5, 0.6) is 0 Å². The van der Waals surface area contributed by atoms with Crippen LogP contribution >= 0.6 is 0 Å². The Bertz CT molecular complexity index is 601. The first-order chi connectivity index (χ1) is 11.0. The van der Waals surface area contributed by atoms with Crippen LogP contribution in [0.25, 0.3) is 0 Å². The number of nitrogens with one attached hydrogen (secondary N) is 1. The van der Waals surface area contributed by atoms with Crippen molar-refractivity contribution in [2.75, 3.05) is 6.54 Å². The van der Waals surface area contributed by atoms with E-state index in [9.17, 15) is 8.42 Å². The number of hydrogen-bond acceptors (Lipinski definition) is 3. The van der Waals surface area contributed by atoms with Crippen LogP contribution in [0.4, 0.5) is 0 Å². The van der Waals surface area contributed by atoms with E-state index >= 15 is 0 Å². The third kappa shape index (κ3) is 6.19. The highest BCUT2D eigenvalue weighted by Gasteiger charge is 2.20. The minimum atomic E-state index is -3.48. The second-order valence-electron chi connectivity index (χ2n) is 8.11. The van der Waals surface area contributed by atoms with E-state index in [1.54, 1.807) is 12.1 Å². The fourth-order valence-electron chi connectivity index (χ4n) is 2.71. The second kappa shape index (κ2) is 8.45. The Morgan fingerprint density at radius 1 is 1.04 bits per heavy atom. The van der Waals surface area contributed by atoms with E-state index in [0.717, 1.165) is 18.4 Å². The van der Waals surface area contributed by atoms with Crippen LogP contribution in [-0.4, -0.2) is 21.0 Å². The molecule has 0 aliphatic heterocycles. The predicted molar refractivity (Wildman–Crippen MR) is 102 cm³/mol. The van der Waals surface area contributed by atoms with E-state index in [4.69, 9.17) is 5.73 Å². The molecule has 0 unspecified atom stereocenters. The van der Waals surface area contributed by atoms with Gasteiger partial charge in [-0.1, -0.05) is 46.8 Å². The summed E-state index contributed by atoms with van der Waals surface area (Å²) in [6.07, 6.45) is 1.72. The molecule has 0 saturated carbocycles. The van der Waals surface area contributed by atoms with Crippen LogP contribution < -0.4 is 10.5 Å². The molecular weight excluding hydrogens is 320 g/mol. The van der Waals surface area contributed by atoms with Gasteiger partial charge in [0.05, 0.1) is 4.90 Å². The molecule has 0 aliphatic carbocycles. The van der Waals surface area contributed by atoms with Gasteiger partial charge in [-0.25, -0.2) is 13.1 Å². The van der Waals surface area contributed by atoms with Crippen LogP contribution in [0.15, 0.2) is 29.2 Å². The maximum Gasteiger partial charge on any atom is 0.240 e. The first-order valence-corrected chi connectivity index (χ1v) is 10.3. The third-order valence-corrected chi connectivity index (χ3v) is 6.21. The molecule has 0 amide bonds. The Morgan fingerprint density at radius 3 is 2.00 bits per heavy atom. The van der Waals surface area contributed by atoms with Gasteiger partial charge in [-0.2, -0.15) is 0 Å². The minimum absolute atomic E-state index is 0.0110. The molecule has 3 N–H and O–H groups in total. The van der Waals surface area contributed by atoms with E-state index in [-0.39, 0.29) is 11.5 Å². The zero-order valence-electron chi connectivity index (χ0n) is 16.0. The highest BCUT2D eigenvalue weighted by molar-refractivity contribution is 7.89. The van der Waals surface area contributed by atoms with Crippen molar-refractivity contribution in [1.29, 1.82) is 0 Å². The number of benzene rings is 1. The van der Waals surface area contributed by atoms with Gasteiger partial charge < -0.3 is 5.73 Å². The maximum atomic E-state index is 12.5. The maximum absolute atomic E-state index is 12.5. The molecule has 0 fully saturated rings. The normalized spacial score (nSPS) is 15.5. The largest absolute Gasteiger partial charge is 0.330 e. The smallest absolute Gasteiger partial charge is 0.240 e. The molecule has 138 valence electrons. The molecule has 0 aromatic heterocycles. The molecule has 2 atom stereocenters. The molecule has 4 nitrogen and oxygen atoms in total. The number of sulfonamides is 1. The van der Waals surface area contributed by atoms with Crippen molar-refractivity contribution < 1.29 is 8.42 Å². The monoisotopic (exact) mass is 354 g/mol. The highest BCUT2D eigenvalue weighted by atomic mass is 32.2. The van der Waals surface area contributed by atoms with Crippen molar-refractivity contribution in [3.63, 3.8) is 0 Å². The lowest BCUT2D eigenvalue weighted by Gasteiger charge is -2.22. The Kier molecular flexibility index (Phi) is 7.44. The van der Waals surface area contributed by atoms with Gasteiger partial charge in [0.15, 0.2) is 0 Å².